The minimum atomic E-state index is -0.263. The van der Waals surface area contributed by atoms with Crippen LogP contribution in [-0.4, -0.2) is 28.1 Å². The fourth-order valence-corrected chi connectivity index (χ4v) is 4.54. The number of fused-ring (bicyclic) bond motifs is 6. The number of phenolic OH excluding ortho intramolecular Hbond substituents is 1. The summed E-state index contributed by atoms with van der Waals surface area (Å²) in [5, 5.41) is 17.1. The van der Waals surface area contributed by atoms with Crippen LogP contribution < -0.4 is 0 Å². The van der Waals surface area contributed by atoms with E-state index in [1.54, 1.807) is 6.07 Å². The van der Waals surface area contributed by atoms with Crippen molar-refractivity contribution in [2.45, 2.75) is 6.42 Å². The Balaban J connectivity index is 1.52. The van der Waals surface area contributed by atoms with Crippen molar-refractivity contribution in [1.82, 2.24) is 5.01 Å². The van der Waals surface area contributed by atoms with Gasteiger partial charge in [-0.05, 0) is 35.1 Å². The lowest BCUT2D eigenvalue weighted by molar-refractivity contribution is -0.140. The van der Waals surface area contributed by atoms with E-state index in [9.17, 15) is 14.7 Å². The first kappa shape index (κ1) is 14.4. The Kier molecular flexibility index (Phi) is 2.89. The van der Waals surface area contributed by atoms with Gasteiger partial charge in [-0.3, -0.25) is 9.59 Å². The summed E-state index contributed by atoms with van der Waals surface area (Å²) in [6.07, 6.45) is 6.43. The molecule has 1 saturated carbocycles. The zero-order valence-electron chi connectivity index (χ0n) is 13.4. The third-order valence-electron chi connectivity index (χ3n) is 5.70. The number of carbonyl (C=O) groups is 2. The number of amides is 2. The third kappa shape index (κ3) is 1.92. The second-order valence-corrected chi connectivity index (χ2v) is 6.95. The van der Waals surface area contributed by atoms with E-state index in [2.05, 4.69) is 17.3 Å². The van der Waals surface area contributed by atoms with E-state index in [4.69, 9.17) is 0 Å². The maximum Gasteiger partial charge on any atom is 0.254 e. The fraction of sp³-hybridized carbons (Fsp3) is 0.250. The van der Waals surface area contributed by atoms with Crippen molar-refractivity contribution in [3.8, 4) is 5.75 Å². The molecule has 3 aliphatic rings. The molecule has 5 heteroatoms. The topological polar surface area (TPSA) is 70.0 Å². The van der Waals surface area contributed by atoms with Crippen molar-refractivity contribution in [2.75, 3.05) is 0 Å². The van der Waals surface area contributed by atoms with Gasteiger partial charge in [-0.1, -0.05) is 42.5 Å². The van der Waals surface area contributed by atoms with E-state index in [1.807, 2.05) is 30.3 Å². The average molecular weight is 332 g/mol. The number of aromatic hydroxyl groups is 1. The standard InChI is InChI=1S/C20H16N2O3/c23-16-8-7-11-3-1-2-4-14(11)15(16)10-21-22-19(24)17-12-5-6-13(9-12)18(17)20(22)25/h1-8,10,12-13,17-18,23H,9H2/b21-10-/t12-,13-,17-,18-/m0/s1. The highest BCUT2D eigenvalue weighted by Crippen LogP contribution is 2.52. The van der Waals surface area contributed by atoms with Gasteiger partial charge >= 0.3 is 0 Å². The van der Waals surface area contributed by atoms with E-state index in [0.29, 0.717) is 5.56 Å². The molecule has 2 amide bonds. The minimum Gasteiger partial charge on any atom is -0.507 e. The Morgan fingerprint density at radius 3 is 2.40 bits per heavy atom. The summed E-state index contributed by atoms with van der Waals surface area (Å²) >= 11 is 0. The Hall–Kier alpha value is -2.95. The zero-order chi connectivity index (χ0) is 17.1. The molecule has 124 valence electrons. The molecule has 0 unspecified atom stereocenters. The molecule has 0 radical (unpaired) electrons. The number of carbonyl (C=O) groups excluding carboxylic acids is 2. The molecule has 25 heavy (non-hydrogen) atoms. The van der Waals surface area contributed by atoms with Crippen molar-refractivity contribution in [1.29, 1.82) is 0 Å². The molecule has 4 atom stereocenters. The summed E-state index contributed by atoms with van der Waals surface area (Å²) < 4.78 is 0. The average Bonchev–Trinajstić information content (AvgIpc) is 3.29. The van der Waals surface area contributed by atoms with E-state index >= 15 is 0 Å². The Morgan fingerprint density at radius 2 is 1.68 bits per heavy atom. The predicted molar refractivity (Wildman–Crippen MR) is 92.8 cm³/mol. The number of rotatable bonds is 2. The van der Waals surface area contributed by atoms with Gasteiger partial charge in [-0.2, -0.15) is 10.1 Å². The highest BCUT2D eigenvalue weighted by atomic mass is 16.3. The molecule has 0 spiro atoms. The Bertz CT molecular complexity index is 948. The Labute approximate surface area is 144 Å². The number of hydrogen-bond acceptors (Lipinski definition) is 4. The first-order valence-electron chi connectivity index (χ1n) is 8.46. The van der Waals surface area contributed by atoms with Crippen molar-refractivity contribution >= 4 is 28.8 Å². The smallest absolute Gasteiger partial charge is 0.254 e. The third-order valence-corrected chi connectivity index (χ3v) is 5.70. The number of imide groups is 1. The highest BCUT2D eigenvalue weighted by Gasteiger charge is 2.59. The van der Waals surface area contributed by atoms with Crippen LogP contribution in [0.1, 0.15) is 12.0 Å². The van der Waals surface area contributed by atoms with Gasteiger partial charge in [0.2, 0.25) is 0 Å². The van der Waals surface area contributed by atoms with Crippen LogP contribution in [-0.2, 0) is 9.59 Å². The van der Waals surface area contributed by atoms with Crippen molar-refractivity contribution in [3.63, 3.8) is 0 Å². The molecular weight excluding hydrogens is 316 g/mol. The molecule has 5 rings (SSSR count). The van der Waals surface area contributed by atoms with Gasteiger partial charge in [0, 0.05) is 5.56 Å². The molecule has 0 aromatic heterocycles. The number of benzene rings is 2. The molecule has 1 N–H and O–H groups in total. The number of hydrogen-bond donors (Lipinski definition) is 1. The van der Waals surface area contributed by atoms with E-state index in [-0.39, 0.29) is 41.2 Å². The molecule has 1 aliphatic heterocycles. The summed E-state index contributed by atoms with van der Waals surface area (Å²) in [6, 6.07) is 11.0. The molecule has 1 heterocycles. The second-order valence-electron chi connectivity index (χ2n) is 6.95. The summed E-state index contributed by atoms with van der Waals surface area (Å²) in [6.45, 7) is 0. The number of nitrogens with zero attached hydrogens (tertiary/aromatic N) is 2. The molecular formula is C20H16N2O3. The van der Waals surface area contributed by atoms with Gasteiger partial charge in [0.05, 0.1) is 18.1 Å². The Morgan fingerprint density at radius 1 is 1.00 bits per heavy atom. The summed E-state index contributed by atoms with van der Waals surface area (Å²) in [4.78, 5) is 25.3. The van der Waals surface area contributed by atoms with Crippen LogP contribution in [0.2, 0.25) is 0 Å². The molecule has 2 aromatic rings. The lowest BCUT2D eigenvalue weighted by Gasteiger charge is -2.13. The maximum atomic E-state index is 12.7. The maximum absolute atomic E-state index is 12.7. The number of allylic oxidation sites excluding steroid dienone is 2. The van der Waals surface area contributed by atoms with Gasteiger partial charge in [-0.25, -0.2) is 0 Å². The van der Waals surface area contributed by atoms with Crippen molar-refractivity contribution in [2.24, 2.45) is 28.8 Å². The van der Waals surface area contributed by atoms with Gasteiger partial charge in [-0.15, -0.1) is 0 Å². The van der Waals surface area contributed by atoms with Crippen LogP contribution in [0.5, 0.6) is 5.75 Å². The van der Waals surface area contributed by atoms with Gasteiger partial charge in [0.15, 0.2) is 0 Å². The van der Waals surface area contributed by atoms with Crippen LogP contribution in [0.4, 0.5) is 0 Å². The molecule has 2 aliphatic carbocycles. The summed E-state index contributed by atoms with van der Waals surface area (Å²) in [5.74, 6) is -0.564. The second kappa shape index (κ2) is 5.02. The van der Waals surface area contributed by atoms with Gasteiger partial charge in [0.1, 0.15) is 5.75 Å². The zero-order valence-corrected chi connectivity index (χ0v) is 13.4. The molecule has 5 nitrogen and oxygen atoms in total. The van der Waals surface area contributed by atoms with E-state index in [0.717, 1.165) is 22.2 Å². The first-order valence-corrected chi connectivity index (χ1v) is 8.46. The quantitative estimate of drug-likeness (QED) is 0.522. The van der Waals surface area contributed by atoms with Crippen LogP contribution in [0.15, 0.2) is 53.7 Å². The minimum absolute atomic E-state index is 0.0727. The lowest BCUT2D eigenvalue weighted by Crippen LogP contribution is -2.28. The summed E-state index contributed by atoms with van der Waals surface area (Å²) in [5.41, 5.74) is 0.511. The van der Waals surface area contributed by atoms with Crippen LogP contribution in [0, 0.1) is 23.7 Å². The number of phenols is 1. The molecule has 2 bridgehead atoms. The largest absolute Gasteiger partial charge is 0.507 e. The van der Waals surface area contributed by atoms with Gasteiger partial charge in [0.25, 0.3) is 11.8 Å². The van der Waals surface area contributed by atoms with Gasteiger partial charge < -0.3 is 5.11 Å². The number of hydrazone groups is 1. The first-order chi connectivity index (χ1) is 12.1. The van der Waals surface area contributed by atoms with Crippen LogP contribution >= 0.6 is 0 Å². The van der Waals surface area contributed by atoms with Crippen molar-refractivity contribution < 1.29 is 14.7 Å². The fourth-order valence-electron chi connectivity index (χ4n) is 4.54. The summed E-state index contributed by atoms with van der Waals surface area (Å²) in [7, 11) is 0. The molecule has 2 fully saturated rings. The molecule has 2 aromatic carbocycles. The lowest BCUT2D eigenvalue weighted by atomic mass is 9.85. The normalized spacial score (nSPS) is 30.2. The van der Waals surface area contributed by atoms with Crippen molar-refractivity contribution in [3.05, 3.63) is 54.1 Å². The van der Waals surface area contributed by atoms with E-state index in [1.165, 1.54) is 6.21 Å². The SMILES string of the molecule is O=C1[C@@H]2[C@@H](C(=O)N1/N=C\c1c(O)ccc3ccccc13)[C@H]1C=C[C@H]2C1. The van der Waals surface area contributed by atoms with Crippen LogP contribution in [0.3, 0.4) is 0 Å². The van der Waals surface area contributed by atoms with E-state index < -0.39 is 0 Å². The monoisotopic (exact) mass is 332 g/mol. The predicted octanol–water partition coefficient (Wildman–Crippen LogP) is 2.69. The molecule has 1 saturated heterocycles. The highest BCUT2D eigenvalue weighted by molar-refractivity contribution is 6.08. The van der Waals surface area contributed by atoms with Crippen LogP contribution in [0.25, 0.3) is 10.8 Å².